The average molecular weight is 467 g/mol. The molecular weight excluding hydrogens is 450 g/mol. The molecule has 0 radical (unpaired) electrons. The van der Waals surface area contributed by atoms with Gasteiger partial charge in [-0.25, -0.2) is 18.3 Å². The highest BCUT2D eigenvalue weighted by atomic mass is 32.2. The summed E-state index contributed by atoms with van der Waals surface area (Å²) in [5.41, 5.74) is 0.202. The number of ether oxygens (including phenoxy) is 1. The van der Waals surface area contributed by atoms with Gasteiger partial charge in [-0.2, -0.15) is 0 Å². The number of benzene rings is 1. The number of aromatic nitrogens is 1. The van der Waals surface area contributed by atoms with E-state index in [9.17, 15) is 30.8 Å². The third kappa shape index (κ3) is 5.51. The Morgan fingerprint density at radius 2 is 1.94 bits per heavy atom. The van der Waals surface area contributed by atoms with Gasteiger partial charge in [0.15, 0.2) is 5.76 Å². The molecule has 0 aliphatic carbocycles. The van der Waals surface area contributed by atoms with E-state index in [1.807, 2.05) is 0 Å². The van der Waals surface area contributed by atoms with E-state index in [4.69, 9.17) is 9.73 Å². The van der Waals surface area contributed by atoms with Crippen molar-refractivity contribution in [3.8, 4) is 17.1 Å². The van der Waals surface area contributed by atoms with Crippen LogP contribution in [-0.2, 0) is 21.2 Å². The van der Waals surface area contributed by atoms with Crippen LogP contribution in [-0.4, -0.2) is 48.1 Å². The lowest BCUT2D eigenvalue weighted by Gasteiger charge is -2.35. The number of hydrogen-bond acceptors (Lipinski definition) is 8. The Balaban J connectivity index is 1.73. The second-order valence-electron chi connectivity index (χ2n) is 6.90. The van der Waals surface area contributed by atoms with Crippen LogP contribution in [0.4, 0.5) is 17.6 Å². The molecule has 31 heavy (non-hydrogen) atoms. The summed E-state index contributed by atoms with van der Waals surface area (Å²) in [5, 5.41) is 15.6. The van der Waals surface area contributed by atoms with Crippen molar-refractivity contribution in [2.45, 2.75) is 31.3 Å². The molecule has 2 heterocycles. The van der Waals surface area contributed by atoms with Crippen LogP contribution < -0.4 is 15.5 Å². The van der Waals surface area contributed by atoms with Crippen molar-refractivity contribution in [3.05, 3.63) is 35.8 Å². The molecule has 3 rings (SSSR count). The highest BCUT2D eigenvalue weighted by Crippen LogP contribution is 2.30. The van der Waals surface area contributed by atoms with Crippen LogP contribution in [0.2, 0.25) is 0 Å². The molecule has 1 aromatic carbocycles. The minimum absolute atomic E-state index is 0.0816. The molecule has 0 unspecified atom stereocenters. The number of carbonyl (C=O) groups is 1. The molecule has 1 aromatic heterocycles. The highest BCUT2D eigenvalue weighted by Gasteiger charge is 2.43. The number of rotatable bonds is 6. The second kappa shape index (κ2) is 8.43. The fraction of sp³-hybridized carbons (Fsp3) is 0.412. The maximum Gasteiger partial charge on any atom is 0.573 e. The summed E-state index contributed by atoms with van der Waals surface area (Å²) < 4.78 is 82.9. The van der Waals surface area contributed by atoms with Crippen LogP contribution in [0.15, 0.2) is 28.8 Å². The molecule has 1 aliphatic rings. The van der Waals surface area contributed by atoms with Gasteiger partial charge in [-0.05, 0) is 25.0 Å². The first kappa shape index (κ1) is 23.0. The summed E-state index contributed by atoms with van der Waals surface area (Å²) in [6.45, 7) is -0.0894. The van der Waals surface area contributed by atoms with E-state index in [2.05, 4.69) is 15.2 Å². The zero-order valence-corrected chi connectivity index (χ0v) is 16.5. The Morgan fingerprint density at radius 1 is 1.26 bits per heavy atom. The SMILES string of the molecule is O=C(NO)C1(NCc2cc(-c3ccc(OC(F)(F)F)cc3F)on2)CCS(=O)(=O)CC1. The first-order valence-corrected chi connectivity index (χ1v) is 10.7. The van der Waals surface area contributed by atoms with Gasteiger partial charge in [-0.1, -0.05) is 5.16 Å². The first-order valence-electron chi connectivity index (χ1n) is 8.84. The molecule has 2 aromatic rings. The van der Waals surface area contributed by atoms with Gasteiger partial charge in [-0.15, -0.1) is 13.2 Å². The average Bonchev–Trinajstić information content (AvgIpc) is 3.14. The fourth-order valence-electron chi connectivity index (χ4n) is 3.15. The third-order valence-electron chi connectivity index (χ3n) is 4.82. The number of hydrogen-bond donors (Lipinski definition) is 3. The summed E-state index contributed by atoms with van der Waals surface area (Å²) in [4.78, 5) is 12.1. The first-order chi connectivity index (χ1) is 14.4. The molecule has 0 spiro atoms. The van der Waals surface area contributed by atoms with E-state index in [1.54, 1.807) is 0 Å². The number of hydroxylamine groups is 1. The van der Waals surface area contributed by atoms with Gasteiger partial charge >= 0.3 is 6.36 Å². The van der Waals surface area contributed by atoms with Gasteiger partial charge < -0.3 is 9.26 Å². The molecule has 170 valence electrons. The molecule has 0 bridgehead atoms. The van der Waals surface area contributed by atoms with Gasteiger partial charge in [-0.3, -0.25) is 15.3 Å². The molecule has 1 amide bonds. The van der Waals surface area contributed by atoms with Crippen LogP contribution in [0.3, 0.4) is 0 Å². The Kier molecular flexibility index (Phi) is 6.25. The Bertz CT molecular complexity index is 1060. The van der Waals surface area contributed by atoms with Gasteiger partial charge in [0, 0.05) is 18.7 Å². The Morgan fingerprint density at radius 3 is 2.52 bits per heavy atom. The molecule has 1 saturated heterocycles. The van der Waals surface area contributed by atoms with Crippen molar-refractivity contribution in [2.24, 2.45) is 0 Å². The molecule has 3 N–H and O–H groups in total. The molecule has 1 aliphatic heterocycles. The van der Waals surface area contributed by atoms with E-state index in [0.717, 1.165) is 12.1 Å². The number of carbonyl (C=O) groups excluding carboxylic acids is 1. The van der Waals surface area contributed by atoms with Gasteiger partial charge in [0.25, 0.3) is 5.91 Å². The zero-order valence-electron chi connectivity index (χ0n) is 15.7. The van der Waals surface area contributed by atoms with Crippen molar-refractivity contribution in [1.29, 1.82) is 0 Å². The summed E-state index contributed by atoms with van der Waals surface area (Å²) in [6, 6.07) is 3.79. The summed E-state index contributed by atoms with van der Waals surface area (Å²) >= 11 is 0. The van der Waals surface area contributed by atoms with Crippen LogP contribution in [0, 0.1) is 5.82 Å². The number of nitrogens with zero attached hydrogens (tertiary/aromatic N) is 1. The van der Waals surface area contributed by atoms with Crippen LogP contribution in [0.25, 0.3) is 11.3 Å². The molecule has 1 fully saturated rings. The maximum absolute atomic E-state index is 14.2. The van der Waals surface area contributed by atoms with Crippen molar-refractivity contribution in [1.82, 2.24) is 16.0 Å². The predicted molar refractivity (Wildman–Crippen MR) is 96.0 cm³/mol. The number of halogens is 4. The van der Waals surface area contributed by atoms with Crippen molar-refractivity contribution in [3.63, 3.8) is 0 Å². The van der Waals surface area contributed by atoms with E-state index < -0.39 is 39.2 Å². The van der Waals surface area contributed by atoms with Gasteiger partial charge in [0.2, 0.25) is 0 Å². The monoisotopic (exact) mass is 467 g/mol. The van der Waals surface area contributed by atoms with Crippen LogP contribution >= 0.6 is 0 Å². The second-order valence-corrected chi connectivity index (χ2v) is 9.20. The normalized spacial score (nSPS) is 17.8. The molecule has 0 saturated carbocycles. The van der Waals surface area contributed by atoms with Crippen molar-refractivity contribution >= 4 is 15.7 Å². The maximum atomic E-state index is 14.2. The minimum atomic E-state index is -4.96. The van der Waals surface area contributed by atoms with Crippen LogP contribution in [0.1, 0.15) is 18.5 Å². The van der Waals surface area contributed by atoms with E-state index >= 15 is 0 Å². The molecule has 14 heteroatoms. The number of nitrogens with one attached hydrogen (secondary N) is 2. The number of amides is 1. The van der Waals surface area contributed by atoms with E-state index in [-0.39, 0.29) is 47.9 Å². The lowest BCUT2D eigenvalue weighted by molar-refractivity contribution is -0.274. The molecule has 0 atom stereocenters. The topological polar surface area (TPSA) is 131 Å². The van der Waals surface area contributed by atoms with E-state index in [1.165, 1.54) is 11.5 Å². The van der Waals surface area contributed by atoms with Crippen molar-refractivity contribution < 1.29 is 45.2 Å². The quantitative estimate of drug-likeness (QED) is 0.334. The lowest BCUT2D eigenvalue weighted by Crippen LogP contribution is -2.59. The van der Waals surface area contributed by atoms with E-state index in [0.29, 0.717) is 6.07 Å². The zero-order chi connectivity index (χ0) is 22.9. The highest BCUT2D eigenvalue weighted by molar-refractivity contribution is 7.91. The Hall–Kier alpha value is -2.71. The van der Waals surface area contributed by atoms with Gasteiger partial charge in [0.05, 0.1) is 22.8 Å². The number of sulfone groups is 1. The summed E-state index contributed by atoms with van der Waals surface area (Å²) in [6.07, 6.45) is -5.13. The smallest absolute Gasteiger partial charge is 0.406 e. The minimum Gasteiger partial charge on any atom is -0.406 e. The third-order valence-corrected chi connectivity index (χ3v) is 6.47. The predicted octanol–water partition coefficient (Wildman–Crippen LogP) is 1.92. The number of alkyl halides is 3. The largest absolute Gasteiger partial charge is 0.573 e. The van der Waals surface area contributed by atoms with Crippen molar-refractivity contribution in [2.75, 3.05) is 11.5 Å². The molecule has 9 nitrogen and oxygen atoms in total. The van der Waals surface area contributed by atoms with Crippen LogP contribution in [0.5, 0.6) is 5.75 Å². The molecular formula is C17H17F4N3O6S. The Labute approximate surface area is 173 Å². The lowest BCUT2D eigenvalue weighted by atomic mass is 9.91. The standard InChI is InChI=1S/C17H17F4N3O6S/c18-13-8-11(29-17(19,20)21)1-2-12(13)14-7-10(24-30-14)9-22-16(15(25)23-26)3-5-31(27,28)6-4-16/h1-2,7-8,22,26H,3-6,9H2,(H,23,25). The summed E-state index contributed by atoms with van der Waals surface area (Å²) in [5.74, 6) is -3.17. The summed E-state index contributed by atoms with van der Waals surface area (Å²) in [7, 11) is -3.29. The fourth-order valence-corrected chi connectivity index (χ4v) is 4.68. The van der Waals surface area contributed by atoms with Gasteiger partial charge in [0.1, 0.15) is 26.9 Å².